The van der Waals surface area contributed by atoms with Crippen molar-refractivity contribution in [1.29, 1.82) is 0 Å². The Morgan fingerprint density at radius 3 is 2.33 bits per heavy atom. The number of carboxylic acids is 2. The number of aryl methyl sites for hydroxylation is 2. The number of nitro benzene ring substituents is 1. The highest BCUT2D eigenvalue weighted by Gasteiger charge is 2.27. The Morgan fingerprint density at radius 2 is 1.83 bits per heavy atom. The number of hydrogen-bond donors (Lipinski definition) is 2. The number of pyridine rings is 1. The highest BCUT2D eigenvalue weighted by Crippen LogP contribution is 2.33. The van der Waals surface area contributed by atoms with Gasteiger partial charge in [0, 0.05) is 17.7 Å². The largest absolute Gasteiger partial charge is 0.478 e. The van der Waals surface area contributed by atoms with Crippen molar-refractivity contribution in [3.05, 3.63) is 56.9 Å². The molecule has 0 amide bonds. The van der Waals surface area contributed by atoms with E-state index in [-0.39, 0.29) is 45.7 Å². The Morgan fingerprint density at radius 1 is 1.21 bits per heavy atom. The maximum Gasteiger partial charge on any atom is 0.338 e. The number of carboxylic acid groups (broad SMARTS) is 2. The average Bonchev–Trinajstić information content (AvgIpc) is 2.52. The Hall–Kier alpha value is -3.29. The van der Waals surface area contributed by atoms with Crippen molar-refractivity contribution in [1.82, 2.24) is 4.98 Å². The molecule has 0 saturated carbocycles. The number of nitro groups is 1. The summed E-state index contributed by atoms with van der Waals surface area (Å²) in [6.07, 6.45) is 0.282. The van der Waals surface area contributed by atoms with E-state index in [2.05, 4.69) is 4.98 Å². The Labute approximate surface area is 136 Å². The molecule has 0 saturated heterocycles. The zero-order valence-electron chi connectivity index (χ0n) is 12.9. The van der Waals surface area contributed by atoms with Crippen molar-refractivity contribution in [2.45, 2.75) is 20.3 Å². The Bertz CT molecular complexity index is 860. The summed E-state index contributed by atoms with van der Waals surface area (Å²) in [5, 5.41) is 30.0. The number of carbonyl (C=O) groups is 2. The molecule has 2 N–H and O–H groups in total. The minimum Gasteiger partial charge on any atom is -0.478 e. The zero-order chi connectivity index (χ0) is 18.0. The molecule has 0 atom stereocenters. The fourth-order valence-electron chi connectivity index (χ4n) is 2.58. The number of hydrogen-bond acceptors (Lipinski definition) is 5. The minimum atomic E-state index is -1.34. The topological polar surface area (TPSA) is 131 Å². The first-order valence-electron chi connectivity index (χ1n) is 7.02. The first-order valence-corrected chi connectivity index (χ1v) is 7.02. The van der Waals surface area contributed by atoms with E-state index in [0.717, 1.165) is 6.07 Å². The maximum absolute atomic E-state index is 11.7. The minimum absolute atomic E-state index is 0.0666. The first-order chi connectivity index (χ1) is 11.3. The average molecular weight is 330 g/mol. The van der Waals surface area contributed by atoms with Gasteiger partial charge in [0.05, 0.1) is 27.4 Å². The van der Waals surface area contributed by atoms with Crippen LogP contribution in [0.25, 0.3) is 11.1 Å². The van der Waals surface area contributed by atoms with Crippen molar-refractivity contribution in [2.24, 2.45) is 0 Å². The standard InChI is InChI=1S/C16H14N2O6/c1-3-11-14(16(21)22)13(12(15(19)20)8(2)17-11)9-5-4-6-10(7-9)18(23)24/h4-7H,3H2,1-2H3,(H,19,20)(H,21,22). The lowest BCUT2D eigenvalue weighted by Gasteiger charge is -2.15. The van der Waals surface area contributed by atoms with Crippen LogP contribution in [0.15, 0.2) is 24.3 Å². The van der Waals surface area contributed by atoms with E-state index in [9.17, 15) is 29.9 Å². The van der Waals surface area contributed by atoms with Crippen LogP contribution in [0.5, 0.6) is 0 Å². The van der Waals surface area contributed by atoms with Gasteiger partial charge < -0.3 is 10.2 Å². The lowest BCUT2D eigenvalue weighted by molar-refractivity contribution is -0.384. The van der Waals surface area contributed by atoms with Gasteiger partial charge in [-0.1, -0.05) is 19.1 Å². The van der Waals surface area contributed by atoms with Crippen molar-refractivity contribution in [2.75, 3.05) is 0 Å². The molecule has 8 nitrogen and oxygen atoms in total. The van der Waals surface area contributed by atoms with E-state index < -0.39 is 16.9 Å². The monoisotopic (exact) mass is 330 g/mol. The van der Waals surface area contributed by atoms with Gasteiger partial charge in [0.1, 0.15) is 0 Å². The van der Waals surface area contributed by atoms with E-state index in [4.69, 9.17) is 0 Å². The fourth-order valence-corrected chi connectivity index (χ4v) is 2.58. The molecule has 0 radical (unpaired) electrons. The lowest BCUT2D eigenvalue weighted by Crippen LogP contribution is -2.15. The molecular formula is C16H14N2O6. The van der Waals surface area contributed by atoms with Crippen LogP contribution in [0.4, 0.5) is 5.69 Å². The second-order valence-electron chi connectivity index (χ2n) is 5.04. The number of aromatic carboxylic acids is 2. The molecule has 0 bridgehead atoms. The van der Waals surface area contributed by atoms with E-state index in [1.54, 1.807) is 6.92 Å². The summed E-state index contributed by atoms with van der Waals surface area (Å²) in [5.74, 6) is -2.67. The van der Waals surface area contributed by atoms with Gasteiger partial charge in [-0.25, -0.2) is 9.59 Å². The SMILES string of the molecule is CCc1nc(C)c(C(=O)O)c(-c2cccc([N+](=O)[O-])c2)c1C(=O)O. The van der Waals surface area contributed by atoms with Crippen LogP contribution in [0.2, 0.25) is 0 Å². The smallest absolute Gasteiger partial charge is 0.338 e. The van der Waals surface area contributed by atoms with Gasteiger partial charge in [-0.3, -0.25) is 15.1 Å². The molecule has 0 unspecified atom stereocenters. The number of rotatable bonds is 5. The number of nitrogens with zero attached hydrogens (tertiary/aromatic N) is 2. The maximum atomic E-state index is 11.7. The van der Waals surface area contributed by atoms with Crippen LogP contribution in [0.1, 0.15) is 39.0 Å². The number of benzene rings is 1. The summed E-state index contributed by atoms with van der Waals surface area (Å²) in [6, 6.07) is 5.23. The van der Waals surface area contributed by atoms with Gasteiger partial charge in [0.25, 0.3) is 5.69 Å². The molecule has 0 aliphatic carbocycles. The molecular weight excluding hydrogens is 316 g/mol. The first kappa shape index (κ1) is 17.1. The van der Waals surface area contributed by atoms with Gasteiger partial charge in [-0.2, -0.15) is 0 Å². The van der Waals surface area contributed by atoms with Gasteiger partial charge >= 0.3 is 11.9 Å². The lowest BCUT2D eigenvalue weighted by atomic mass is 9.91. The molecule has 1 heterocycles. The summed E-state index contributed by atoms with van der Waals surface area (Å²) in [6.45, 7) is 3.17. The molecule has 0 spiro atoms. The second-order valence-corrected chi connectivity index (χ2v) is 5.04. The molecule has 8 heteroatoms. The fraction of sp³-hybridized carbons (Fsp3) is 0.188. The third kappa shape index (κ3) is 2.94. The number of non-ortho nitro benzene ring substituents is 1. The van der Waals surface area contributed by atoms with Crippen molar-refractivity contribution >= 4 is 17.6 Å². The molecule has 0 aliphatic heterocycles. The summed E-state index contributed by atoms with van der Waals surface area (Å²) < 4.78 is 0. The van der Waals surface area contributed by atoms with Crippen LogP contribution in [0.3, 0.4) is 0 Å². The Balaban J connectivity index is 2.96. The van der Waals surface area contributed by atoms with Crippen LogP contribution in [0, 0.1) is 17.0 Å². The molecule has 0 aliphatic rings. The molecule has 0 fully saturated rings. The molecule has 24 heavy (non-hydrogen) atoms. The summed E-state index contributed by atoms with van der Waals surface area (Å²) in [5.41, 5.74) is -0.307. The van der Waals surface area contributed by atoms with Gasteiger partial charge in [0.15, 0.2) is 0 Å². The molecule has 2 aromatic rings. The van der Waals surface area contributed by atoms with E-state index in [1.807, 2.05) is 0 Å². The van der Waals surface area contributed by atoms with Crippen molar-refractivity contribution in [3.8, 4) is 11.1 Å². The van der Waals surface area contributed by atoms with Crippen LogP contribution >= 0.6 is 0 Å². The predicted octanol–water partition coefficient (Wildman–Crippen LogP) is 2.92. The number of aromatic nitrogens is 1. The van der Waals surface area contributed by atoms with Gasteiger partial charge in [-0.15, -0.1) is 0 Å². The van der Waals surface area contributed by atoms with Crippen LogP contribution in [-0.4, -0.2) is 32.1 Å². The normalized spacial score (nSPS) is 10.4. The van der Waals surface area contributed by atoms with Crippen LogP contribution < -0.4 is 0 Å². The Kier molecular flexibility index (Phi) is 4.59. The van der Waals surface area contributed by atoms with Crippen LogP contribution in [-0.2, 0) is 6.42 Å². The predicted molar refractivity (Wildman–Crippen MR) is 84.4 cm³/mol. The summed E-state index contributed by atoms with van der Waals surface area (Å²) >= 11 is 0. The van der Waals surface area contributed by atoms with Gasteiger partial charge in [0.2, 0.25) is 0 Å². The molecule has 1 aromatic heterocycles. The van der Waals surface area contributed by atoms with Crippen molar-refractivity contribution < 1.29 is 24.7 Å². The van der Waals surface area contributed by atoms with E-state index >= 15 is 0 Å². The third-order valence-electron chi connectivity index (χ3n) is 3.56. The van der Waals surface area contributed by atoms with Gasteiger partial charge in [-0.05, 0) is 18.9 Å². The second kappa shape index (κ2) is 6.45. The summed E-state index contributed by atoms with van der Waals surface area (Å²) in [7, 11) is 0. The van der Waals surface area contributed by atoms with E-state index in [0.29, 0.717) is 0 Å². The zero-order valence-corrected chi connectivity index (χ0v) is 12.9. The molecule has 1 aromatic carbocycles. The third-order valence-corrected chi connectivity index (χ3v) is 3.56. The highest BCUT2D eigenvalue weighted by atomic mass is 16.6. The summed E-state index contributed by atoms with van der Waals surface area (Å²) in [4.78, 5) is 37.8. The van der Waals surface area contributed by atoms with E-state index in [1.165, 1.54) is 25.1 Å². The highest BCUT2D eigenvalue weighted by molar-refractivity contribution is 6.06. The quantitative estimate of drug-likeness (QED) is 0.636. The van der Waals surface area contributed by atoms with Crippen molar-refractivity contribution in [3.63, 3.8) is 0 Å². The molecule has 2 rings (SSSR count). The molecule has 124 valence electrons.